The second-order valence-corrected chi connectivity index (χ2v) is 12.0. The largest absolute Gasteiger partial charge is 0.494 e. The van der Waals surface area contributed by atoms with E-state index in [1.165, 1.54) is 44.9 Å². The summed E-state index contributed by atoms with van der Waals surface area (Å²) in [7, 11) is 0. The van der Waals surface area contributed by atoms with E-state index in [-0.39, 0.29) is 0 Å². The summed E-state index contributed by atoms with van der Waals surface area (Å²) < 4.78 is 7.99. The van der Waals surface area contributed by atoms with Gasteiger partial charge in [-0.3, -0.25) is 0 Å². The molecule has 0 amide bonds. The summed E-state index contributed by atoms with van der Waals surface area (Å²) >= 11 is 7.19. The number of hydrogen-bond donors (Lipinski definition) is 1. The lowest BCUT2D eigenvalue weighted by molar-refractivity contribution is 0.126. The van der Waals surface area contributed by atoms with Gasteiger partial charge in [-0.15, -0.1) is 0 Å². The van der Waals surface area contributed by atoms with Crippen molar-refractivity contribution in [3.63, 3.8) is 0 Å². The van der Waals surface area contributed by atoms with Gasteiger partial charge in [-0.05, 0) is 65.1 Å². The van der Waals surface area contributed by atoms with Crippen molar-refractivity contribution >= 4 is 31.9 Å². The Morgan fingerprint density at radius 1 is 0.641 bits per heavy atom. The van der Waals surface area contributed by atoms with Crippen molar-refractivity contribution in [3.05, 3.63) is 123 Å². The predicted molar refractivity (Wildman–Crippen MR) is 170 cm³/mol. The fourth-order valence-electron chi connectivity index (χ4n) is 5.07. The maximum Gasteiger partial charge on any atom is 0.141 e. The van der Waals surface area contributed by atoms with Gasteiger partial charge in [0.1, 0.15) is 11.4 Å². The molecule has 0 heterocycles. The number of halogens is 2. The van der Waals surface area contributed by atoms with Crippen molar-refractivity contribution in [3.8, 4) is 16.9 Å². The average molecular weight is 650 g/mol. The summed E-state index contributed by atoms with van der Waals surface area (Å²) in [6, 6.07) is 32.1. The van der Waals surface area contributed by atoms with Gasteiger partial charge in [0.2, 0.25) is 0 Å². The molecule has 4 aromatic rings. The highest BCUT2D eigenvalue weighted by molar-refractivity contribution is 9.10. The first-order chi connectivity index (χ1) is 19.0. The number of rotatable bonds is 14. The topological polar surface area (TPSA) is 29.5 Å². The lowest BCUT2D eigenvalue weighted by Gasteiger charge is -2.32. The smallest absolute Gasteiger partial charge is 0.141 e. The molecule has 0 bridgehead atoms. The van der Waals surface area contributed by atoms with Crippen LogP contribution in [0.3, 0.4) is 0 Å². The minimum Gasteiger partial charge on any atom is -0.494 e. The summed E-state index contributed by atoms with van der Waals surface area (Å²) in [5, 5.41) is 12.6. The van der Waals surface area contributed by atoms with Gasteiger partial charge in [-0.1, -0.05) is 144 Å². The Kier molecular flexibility index (Phi) is 11.3. The van der Waals surface area contributed by atoms with Gasteiger partial charge in [0.25, 0.3) is 0 Å². The SMILES string of the molecule is CCCCCCCCCCOc1ccc(C(O)(c2ccccc2)c2cc(Br)ccc2-c2ccc(Br)cc2)cc1. The highest BCUT2D eigenvalue weighted by Gasteiger charge is 2.36. The third kappa shape index (κ3) is 7.84. The summed E-state index contributed by atoms with van der Waals surface area (Å²) in [4.78, 5) is 0. The molecule has 39 heavy (non-hydrogen) atoms. The predicted octanol–water partition coefficient (Wildman–Crippen LogP) is 10.7. The lowest BCUT2D eigenvalue weighted by atomic mass is 9.77. The van der Waals surface area contributed by atoms with Crippen LogP contribution in [0.4, 0.5) is 0 Å². The molecular formula is C35H38Br2O2. The summed E-state index contributed by atoms with van der Waals surface area (Å²) in [6.07, 6.45) is 10.2. The van der Waals surface area contributed by atoms with Crippen LogP contribution in [0.2, 0.25) is 0 Å². The fraction of sp³-hybridized carbons (Fsp3) is 0.314. The maximum absolute atomic E-state index is 12.6. The molecule has 1 unspecified atom stereocenters. The zero-order chi connectivity index (χ0) is 27.5. The summed E-state index contributed by atoms with van der Waals surface area (Å²) in [5.41, 5.74) is 3.09. The molecule has 0 fully saturated rings. The van der Waals surface area contributed by atoms with Gasteiger partial charge in [-0.25, -0.2) is 0 Å². The van der Waals surface area contributed by atoms with E-state index < -0.39 is 5.60 Å². The molecule has 0 aliphatic rings. The number of hydrogen-bond acceptors (Lipinski definition) is 2. The van der Waals surface area contributed by atoms with Gasteiger partial charge >= 0.3 is 0 Å². The van der Waals surface area contributed by atoms with Crippen LogP contribution in [0.5, 0.6) is 5.75 Å². The highest BCUT2D eigenvalue weighted by Crippen LogP contribution is 2.43. The Hall–Kier alpha value is -2.40. The fourth-order valence-corrected chi connectivity index (χ4v) is 5.70. The van der Waals surface area contributed by atoms with Crippen molar-refractivity contribution in [2.45, 2.75) is 63.9 Å². The number of unbranched alkanes of at least 4 members (excludes halogenated alkanes) is 7. The van der Waals surface area contributed by atoms with E-state index >= 15 is 0 Å². The van der Waals surface area contributed by atoms with Crippen molar-refractivity contribution in [2.75, 3.05) is 6.61 Å². The number of benzene rings is 4. The Morgan fingerprint density at radius 2 is 1.23 bits per heavy atom. The molecule has 0 saturated carbocycles. The van der Waals surface area contributed by atoms with E-state index in [2.05, 4.69) is 57.0 Å². The van der Waals surface area contributed by atoms with Gasteiger partial charge < -0.3 is 9.84 Å². The standard InChI is InChI=1S/C35H38Br2O2/c1-2-3-4-5-6-7-8-12-25-39-32-22-17-29(18-23-32)35(38,28-13-10-9-11-14-28)34-26-31(37)21-24-33(34)27-15-19-30(36)20-16-27/h9-11,13-24,26,38H,2-8,12,25H2,1H3. The minimum absolute atomic E-state index is 0.719. The van der Waals surface area contributed by atoms with Crippen molar-refractivity contribution in [1.82, 2.24) is 0 Å². The quantitative estimate of drug-likeness (QED) is 0.109. The van der Waals surface area contributed by atoms with Gasteiger partial charge in [0.05, 0.1) is 6.61 Å². The molecule has 2 nitrogen and oxygen atoms in total. The average Bonchev–Trinajstić information content (AvgIpc) is 2.97. The molecular weight excluding hydrogens is 612 g/mol. The second kappa shape index (κ2) is 14.8. The van der Waals surface area contributed by atoms with Gasteiger partial charge in [-0.2, -0.15) is 0 Å². The van der Waals surface area contributed by atoms with Crippen molar-refractivity contribution in [2.24, 2.45) is 0 Å². The molecule has 204 valence electrons. The Labute approximate surface area is 250 Å². The summed E-state index contributed by atoms with van der Waals surface area (Å²) in [6.45, 7) is 2.98. The first kappa shape index (κ1) is 29.6. The molecule has 4 rings (SSSR count). The van der Waals surface area contributed by atoms with E-state index in [1.807, 2.05) is 78.9 Å². The van der Waals surface area contributed by atoms with E-state index in [0.29, 0.717) is 0 Å². The van der Waals surface area contributed by atoms with Crippen LogP contribution in [-0.2, 0) is 5.60 Å². The molecule has 1 N–H and O–H groups in total. The van der Waals surface area contributed by atoms with E-state index in [0.717, 1.165) is 55.5 Å². The summed E-state index contributed by atoms with van der Waals surface area (Å²) in [5.74, 6) is 0.833. The molecule has 0 aliphatic carbocycles. The third-order valence-electron chi connectivity index (χ3n) is 7.26. The third-order valence-corrected chi connectivity index (χ3v) is 8.28. The van der Waals surface area contributed by atoms with Crippen LogP contribution in [0.15, 0.2) is 106 Å². The maximum atomic E-state index is 12.6. The van der Waals surface area contributed by atoms with Crippen LogP contribution in [-0.4, -0.2) is 11.7 Å². The van der Waals surface area contributed by atoms with Crippen LogP contribution >= 0.6 is 31.9 Å². The Bertz CT molecular complexity index is 1290. The van der Waals surface area contributed by atoms with Gasteiger partial charge in [0, 0.05) is 14.5 Å². The molecule has 0 aromatic heterocycles. The first-order valence-corrected chi connectivity index (χ1v) is 15.7. The molecule has 4 aromatic carbocycles. The number of ether oxygens (including phenoxy) is 1. The van der Waals surface area contributed by atoms with Crippen LogP contribution < -0.4 is 4.74 Å². The van der Waals surface area contributed by atoms with E-state index in [4.69, 9.17) is 4.74 Å². The molecule has 0 spiro atoms. The molecule has 0 aliphatic heterocycles. The zero-order valence-electron chi connectivity index (χ0n) is 22.7. The monoisotopic (exact) mass is 648 g/mol. The van der Waals surface area contributed by atoms with E-state index in [1.54, 1.807) is 0 Å². The molecule has 0 saturated heterocycles. The lowest BCUT2D eigenvalue weighted by Crippen LogP contribution is -2.29. The Balaban J connectivity index is 1.56. The van der Waals surface area contributed by atoms with Crippen molar-refractivity contribution < 1.29 is 9.84 Å². The van der Waals surface area contributed by atoms with Crippen LogP contribution in [0, 0.1) is 0 Å². The molecule has 4 heteroatoms. The molecule has 1 atom stereocenters. The molecule has 0 radical (unpaired) electrons. The second-order valence-electron chi connectivity index (χ2n) is 10.1. The number of aliphatic hydroxyl groups is 1. The zero-order valence-corrected chi connectivity index (χ0v) is 25.9. The Morgan fingerprint density at radius 3 is 1.90 bits per heavy atom. The van der Waals surface area contributed by atoms with Gasteiger partial charge in [0.15, 0.2) is 0 Å². The minimum atomic E-state index is -1.36. The van der Waals surface area contributed by atoms with E-state index in [9.17, 15) is 5.11 Å². The first-order valence-electron chi connectivity index (χ1n) is 14.1. The van der Waals surface area contributed by atoms with Crippen LogP contribution in [0.1, 0.15) is 75.0 Å². The highest BCUT2D eigenvalue weighted by atomic mass is 79.9. The van der Waals surface area contributed by atoms with Crippen molar-refractivity contribution in [1.29, 1.82) is 0 Å². The normalized spacial score (nSPS) is 12.7. The van der Waals surface area contributed by atoms with Crippen LogP contribution in [0.25, 0.3) is 11.1 Å².